The van der Waals surface area contributed by atoms with Crippen LogP contribution in [0.15, 0.2) is 12.1 Å². The first-order valence-corrected chi connectivity index (χ1v) is 6.06. The second-order valence-corrected chi connectivity index (χ2v) is 4.40. The third-order valence-corrected chi connectivity index (χ3v) is 3.15. The van der Waals surface area contributed by atoms with Crippen LogP contribution in [-0.2, 0) is 0 Å². The molecular formula is C12H15N3OS. The standard InChI is InChI=1S/C12H15N3OS/c1-7-5-8(2)10(9(6-7)16-4)11-12(13-3)15-17-14-11/h5-6H,1-4H3,(H,13,15). The molecule has 0 aliphatic carbocycles. The van der Waals surface area contributed by atoms with Gasteiger partial charge in [-0.25, -0.2) is 0 Å². The fraction of sp³-hybridized carbons (Fsp3) is 0.333. The molecule has 4 nitrogen and oxygen atoms in total. The third kappa shape index (κ3) is 2.10. The van der Waals surface area contributed by atoms with Crippen LogP contribution < -0.4 is 10.1 Å². The summed E-state index contributed by atoms with van der Waals surface area (Å²) in [5, 5.41) is 3.05. The Morgan fingerprint density at radius 3 is 2.65 bits per heavy atom. The Labute approximate surface area is 105 Å². The molecule has 0 amide bonds. The van der Waals surface area contributed by atoms with Gasteiger partial charge < -0.3 is 10.1 Å². The molecule has 2 rings (SSSR count). The van der Waals surface area contributed by atoms with Crippen molar-refractivity contribution in [2.45, 2.75) is 13.8 Å². The molecule has 0 fully saturated rings. The number of rotatable bonds is 3. The second kappa shape index (κ2) is 4.71. The zero-order chi connectivity index (χ0) is 12.4. The molecular weight excluding hydrogens is 234 g/mol. The van der Waals surface area contributed by atoms with E-state index in [0.717, 1.165) is 28.4 Å². The Morgan fingerprint density at radius 1 is 1.24 bits per heavy atom. The van der Waals surface area contributed by atoms with Crippen LogP contribution in [0.2, 0.25) is 0 Å². The molecule has 1 heterocycles. The average Bonchev–Trinajstić information content (AvgIpc) is 2.75. The molecule has 0 aliphatic heterocycles. The van der Waals surface area contributed by atoms with Crippen molar-refractivity contribution in [3.63, 3.8) is 0 Å². The number of aromatic nitrogens is 2. The molecule has 90 valence electrons. The van der Waals surface area contributed by atoms with E-state index >= 15 is 0 Å². The van der Waals surface area contributed by atoms with Gasteiger partial charge in [0.2, 0.25) is 0 Å². The lowest BCUT2D eigenvalue weighted by Gasteiger charge is -2.11. The molecule has 1 N–H and O–H groups in total. The van der Waals surface area contributed by atoms with Gasteiger partial charge in [0.05, 0.1) is 24.4 Å². The van der Waals surface area contributed by atoms with Crippen LogP contribution in [0.3, 0.4) is 0 Å². The van der Waals surface area contributed by atoms with Crippen LogP contribution >= 0.6 is 11.7 Å². The minimum atomic E-state index is 0.792. The maximum atomic E-state index is 5.44. The molecule has 0 saturated heterocycles. The zero-order valence-electron chi connectivity index (χ0n) is 10.4. The van der Waals surface area contributed by atoms with Crippen molar-refractivity contribution in [1.82, 2.24) is 8.75 Å². The molecule has 0 unspecified atom stereocenters. The molecule has 0 spiro atoms. The highest BCUT2D eigenvalue weighted by atomic mass is 32.1. The summed E-state index contributed by atoms with van der Waals surface area (Å²) in [4.78, 5) is 0. The molecule has 5 heteroatoms. The predicted molar refractivity (Wildman–Crippen MR) is 70.9 cm³/mol. The summed E-state index contributed by atoms with van der Waals surface area (Å²) in [6, 6.07) is 4.14. The van der Waals surface area contributed by atoms with Crippen LogP contribution in [0.25, 0.3) is 11.3 Å². The minimum absolute atomic E-state index is 0.792. The van der Waals surface area contributed by atoms with E-state index in [-0.39, 0.29) is 0 Å². The molecule has 0 bridgehead atoms. The highest BCUT2D eigenvalue weighted by Crippen LogP contribution is 2.36. The molecule has 1 aromatic carbocycles. The average molecular weight is 249 g/mol. The van der Waals surface area contributed by atoms with Crippen LogP contribution in [0, 0.1) is 13.8 Å². The van der Waals surface area contributed by atoms with Crippen molar-refractivity contribution in [3.8, 4) is 17.0 Å². The highest BCUT2D eigenvalue weighted by molar-refractivity contribution is 6.99. The number of ether oxygens (including phenoxy) is 1. The number of hydrogen-bond donors (Lipinski definition) is 1. The van der Waals surface area contributed by atoms with Gasteiger partial charge >= 0.3 is 0 Å². The van der Waals surface area contributed by atoms with Gasteiger partial charge in [0.15, 0.2) is 5.82 Å². The van der Waals surface area contributed by atoms with E-state index in [0.29, 0.717) is 0 Å². The van der Waals surface area contributed by atoms with Crippen LogP contribution in [-0.4, -0.2) is 22.9 Å². The molecule has 0 atom stereocenters. The first-order valence-electron chi connectivity index (χ1n) is 5.33. The van der Waals surface area contributed by atoms with Gasteiger partial charge in [-0.05, 0) is 31.0 Å². The Hall–Kier alpha value is -1.62. The monoisotopic (exact) mass is 249 g/mol. The molecule has 0 radical (unpaired) electrons. The van der Waals surface area contributed by atoms with Gasteiger partial charge in [-0.3, -0.25) is 0 Å². The van der Waals surface area contributed by atoms with E-state index in [1.54, 1.807) is 7.11 Å². The van der Waals surface area contributed by atoms with Crippen molar-refractivity contribution in [3.05, 3.63) is 23.3 Å². The van der Waals surface area contributed by atoms with E-state index in [2.05, 4.69) is 34.0 Å². The van der Waals surface area contributed by atoms with Gasteiger partial charge in [-0.2, -0.15) is 8.75 Å². The van der Waals surface area contributed by atoms with E-state index in [1.165, 1.54) is 17.3 Å². The molecule has 17 heavy (non-hydrogen) atoms. The maximum absolute atomic E-state index is 5.44. The van der Waals surface area contributed by atoms with E-state index in [4.69, 9.17) is 4.74 Å². The van der Waals surface area contributed by atoms with Gasteiger partial charge in [-0.1, -0.05) is 6.07 Å². The lowest BCUT2D eigenvalue weighted by Crippen LogP contribution is -1.96. The van der Waals surface area contributed by atoms with E-state index in [9.17, 15) is 0 Å². The lowest BCUT2D eigenvalue weighted by atomic mass is 10.0. The largest absolute Gasteiger partial charge is 0.496 e. The first-order chi connectivity index (χ1) is 8.17. The molecule has 2 aromatic rings. The number of nitrogens with zero attached hydrogens (tertiary/aromatic N) is 2. The number of nitrogens with one attached hydrogen (secondary N) is 1. The SMILES string of the molecule is CNc1nsnc1-c1c(C)cc(C)cc1OC. The molecule has 0 aliphatic rings. The Balaban J connectivity index is 2.66. The van der Waals surface area contributed by atoms with Gasteiger partial charge in [-0.15, -0.1) is 0 Å². The van der Waals surface area contributed by atoms with Crippen LogP contribution in [0.1, 0.15) is 11.1 Å². The number of methoxy groups -OCH3 is 1. The van der Waals surface area contributed by atoms with Gasteiger partial charge in [0.25, 0.3) is 0 Å². The third-order valence-electron chi connectivity index (χ3n) is 2.63. The number of aryl methyl sites for hydroxylation is 2. The Kier molecular flexibility index (Phi) is 3.28. The Bertz CT molecular complexity index is 537. The van der Waals surface area contributed by atoms with Crippen LogP contribution in [0.4, 0.5) is 5.82 Å². The van der Waals surface area contributed by atoms with Crippen LogP contribution in [0.5, 0.6) is 5.75 Å². The topological polar surface area (TPSA) is 47.0 Å². The van der Waals surface area contributed by atoms with E-state index in [1.807, 2.05) is 13.1 Å². The lowest BCUT2D eigenvalue weighted by molar-refractivity contribution is 0.416. The maximum Gasteiger partial charge on any atom is 0.168 e. The van der Waals surface area contributed by atoms with Crippen molar-refractivity contribution in [1.29, 1.82) is 0 Å². The highest BCUT2D eigenvalue weighted by Gasteiger charge is 2.16. The van der Waals surface area contributed by atoms with Crippen molar-refractivity contribution < 1.29 is 4.74 Å². The summed E-state index contributed by atoms with van der Waals surface area (Å²) < 4.78 is 14.0. The summed E-state index contributed by atoms with van der Waals surface area (Å²) in [5.74, 6) is 1.63. The number of benzene rings is 1. The quantitative estimate of drug-likeness (QED) is 0.908. The van der Waals surface area contributed by atoms with Crippen molar-refractivity contribution in [2.24, 2.45) is 0 Å². The summed E-state index contributed by atoms with van der Waals surface area (Å²) in [6.07, 6.45) is 0. The molecule has 0 saturated carbocycles. The first kappa shape index (κ1) is 11.9. The van der Waals surface area contributed by atoms with Crippen molar-refractivity contribution in [2.75, 3.05) is 19.5 Å². The summed E-state index contributed by atoms with van der Waals surface area (Å²) >= 11 is 1.20. The summed E-state index contributed by atoms with van der Waals surface area (Å²) in [6.45, 7) is 4.11. The minimum Gasteiger partial charge on any atom is -0.496 e. The zero-order valence-corrected chi connectivity index (χ0v) is 11.2. The predicted octanol–water partition coefficient (Wildman–Crippen LogP) is 2.87. The second-order valence-electron chi connectivity index (χ2n) is 3.87. The number of anilines is 1. The fourth-order valence-corrected chi connectivity index (χ4v) is 2.47. The van der Waals surface area contributed by atoms with Crippen molar-refractivity contribution >= 4 is 17.5 Å². The van der Waals surface area contributed by atoms with E-state index < -0.39 is 0 Å². The summed E-state index contributed by atoms with van der Waals surface area (Å²) in [5.41, 5.74) is 4.19. The molecule has 1 aromatic heterocycles. The van der Waals surface area contributed by atoms with Gasteiger partial charge in [0, 0.05) is 7.05 Å². The normalized spacial score (nSPS) is 10.4. The smallest absolute Gasteiger partial charge is 0.168 e. The summed E-state index contributed by atoms with van der Waals surface area (Å²) in [7, 11) is 3.52. The number of hydrogen-bond acceptors (Lipinski definition) is 5. The fourth-order valence-electron chi connectivity index (χ4n) is 1.91. The van der Waals surface area contributed by atoms with Gasteiger partial charge in [0.1, 0.15) is 11.4 Å². The Morgan fingerprint density at radius 2 is 2.00 bits per heavy atom.